The molecule has 0 unspecified atom stereocenters. The highest BCUT2D eigenvalue weighted by Crippen LogP contribution is 2.17. The van der Waals surface area contributed by atoms with Crippen LogP contribution in [-0.2, 0) is 9.53 Å². The zero-order valence-corrected chi connectivity index (χ0v) is 16.2. The first-order valence-corrected chi connectivity index (χ1v) is 8.08. The van der Waals surface area contributed by atoms with Gasteiger partial charge in [0, 0.05) is 39.2 Å². The highest BCUT2D eigenvalue weighted by Gasteiger charge is 2.15. The van der Waals surface area contributed by atoms with Gasteiger partial charge in [0.1, 0.15) is 0 Å². The lowest BCUT2D eigenvalue weighted by atomic mass is 9.95. The van der Waals surface area contributed by atoms with E-state index in [1.807, 2.05) is 6.92 Å². The van der Waals surface area contributed by atoms with Gasteiger partial charge in [-0.05, 0) is 19.8 Å². The van der Waals surface area contributed by atoms with E-state index in [2.05, 4.69) is 20.9 Å². The summed E-state index contributed by atoms with van der Waals surface area (Å²) in [5.74, 6) is 0.833. The van der Waals surface area contributed by atoms with E-state index in [4.69, 9.17) is 4.74 Å². The van der Waals surface area contributed by atoms with Gasteiger partial charge in [-0.1, -0.05) is 19.3 Å². The van der Waals surface area contributed by atoms with Crippen molar-refractivity contribution in [3.8, 4) is 0 Å². The SMILES string of the molecule is CCOCCNC(=NC)NCCC(=O)NC1CCCCC1.I. The Hall–Kier alpha value is -0.570. The number of carbonyl (C=O) groups is 1. The van der Waals surface area contributed by atoms with Crippen LogP contribution < -0.4 is 16.0 Å². The summed E-state index contributed by atoms with van der Waals surface area (Å²) in [5, 5.41) is 9.39. The van der Waals surface area contributed by atoms with Gasteiger partial charge in [-0.25, -0.2) is 0 Å². The Morgan fingerprint density at radius 3 is 2.50 bits per heavy atom. The molecule has 0 atom stereocenters. The van der Waals surface area contributed by atoms with Gasteiger partial charge in [0.15, 0.2) is 5.96 Å². The van der Waals surface area contributed by atoms with Crippen molar-refractivity contribution in [2.24, 2.45) is 4.99 Å². The van der Waals surface area contributed by atoms with Gasteiger partial charge >= 0.3 is 0 Å². The Morgan fingerprint density at radius 1 is 1.18 bits per heavy atom. The van der Waals surface area contributed by atoms with Crippen LogP contribution >= 0.6 is 24.0 Å². The molecule has 1 amide bonds. The normalized spacial score (nSPS) is 15.8. The number of hydrogen-bond donors (Lipinski definition) is 3. The molecular formula is C15H31IN4O2. The fourth-order valence-electron chi connectivity index (χ4n) is 2.45. The quantitative estimate of drug-likeness (QED) is 0.239. The van der Waals surface area contributed by atoms with Crippen LogP contribution in [-0.4, -0.2) is 51.3 Å². The summed E-state index contributed by atoms with van der Waals surface area (Å²) in [4.78, 5) is 16.0. The topological polar surface area (TPSA) is 74.8 Å². The Bertz CT molecular complexity index is 321. The van der Waals surface area contributed by atoms with Crippen molar-refractivity contribution in [1.82, 2.24) is 16.0 Å². The summed E-state index contributed by atoms with van der Waals surface area (Å²) in [7, 11) is 1.72. The predicted octanol–water partition coefficient (Wildman–Crippen LogP) is 1.64. The molecule has 0 bridgehead atoms. The van der Waals surface area contributed by atoms with E-state index in [1.54, 1.807) is 7.05 Å². The van der Waals surface area contributed by atoms with Crippen molar-refractivity contribution in [3.63, 3.8) is 0 Å². The second kappa shape index (κ2) is 14.0. The lowest BCUT2D eigenvalue weighted by Crippen LogP contribution is -2.42. The van der Waals surface area contributed by atoms with Crippen LogP contribution in [0, 0.1) is 0 Å². The van der Waals surface area contributed by atoms with E-state index < -0.39 is 0 Å². The second-order valence-electron chi connectivity index (χ2n) is 5.28. The molecule has 1 fully saturated rings. The number of halogens is 1. The van der Waals surface area contributed by atoms with E-state index in [9.17, 15) is 4.79 Å². The molecule has 1 saturated carbocycles. The Morgan fingerprint density at radius 2 is 1.86 bits per heavy atom. The summed E-state index contributed by atoms with van der Waals surface area (Å²) in [6.45, 7) is 4.64. The number of ether oxygens (including phenoxy) is 1. The molecule has 0 spiro atoms. The highest BCUT2D eigenvalue weighted by atomic mass is 127. The molecule has 1 aliphatic carbocycles. The molecule has 1 rings (SSSR count). The third-order valence-corrected chi connectivity index (χ3v) is 3.58. The summed E-state index contributed by atoms with van der Waals surface area (Å²) in [5.41, 5.74) is 0. The van der Waals surface area contributed by atoms with Gasteiger partial charge < -0.3 is 20.7 Å². The van der Waals surface area contributed by atoms with Crippen LogP contribution in [0.1, 0.15) is 45.4 Å². The maximum absolute atomic E-state index is 11.8. The summed E-state index contributed by atoms with van der Waals surface area (Å²) in [6, 6.07) is 0.384. The van der Waals surface area contributed by atoms with Crippen molar-refractivity contribution >= 4 is 35.8 Å². The number of guanidine groups is 1. The zero-order chi connectivity index (χ0) is 15.3. The average Bonchev–Trinajstić information content (AvgIpc) is 2.50. The molecule has 0 radical (unpaired) electrons. The second-order valence-corrected chi connectivity index (χ2v) is 5.28. The summed E-state index contributed by atoms with van der Waals surface area (Å²) < 4.78 is 5.25. The lowest BCUT2D eigenvalue weighted by Gasteiger charge is -2.22. The van der Waals surface area contributed by atoms with Crippen LogP contribution in [0.5, 0.6) is 0 Å². The minimum absolute atomic E-state index is 0. The van der Waals surface area contributed by atoms with Gasteiger partial charge in [0.2, 0.25) is 5.91 Å². The molecule has 1 aliphatic rings. The van der Waals surface area contributed by atoms with Crippen molar-refractivity contribution in [3.05, 3.63) is 0 Å². The molecule has 0 aromatic rings. The van der Waals surface area contributed by atoms with Crippen LogP contribution in [0.25, 0.3) is 0 Å². The van der Waals surface area contributed by atoms with Gasteiger partial charge in [-0.2, -0.15) is 0 Å². The molecule has 0 aromatic heterocycles. The molecule has 3 N–H and O–H groups in total. The van der Waals surface area contributed by atoms with E-state index in [0.717, 1.165) is 19.4 Å². The molecule has 6 nitrogen and oxygen atoms in total. The van der Waals surface area contributed by atoms with Crippen molar-refractivity contribution in [2.75, 3.05) is 33.4 Å². The minimum Gasteiger partial charge on any atom is -0.380 e. The van der Waals surface area contributed by atoms with Crippen molar-refractivity contribution in [2.45, 2.75) is 51.5 Å². The maximum atomic E-state index is 11.8. The Labute approximate surface area is 151 Å². The number of aliphatic imine (C=N–C) groups is 1. The van der Waals surface area contributed by atoms with Crippen molar-refractivity contribution < 1.29 is 9.53 Å². The molecule has 0 aromatic carbocycles. The first-order valence-electron chi connectivity index (χ1n) is 8.08. The van der Waals surface area contributed by atoms with Gasteiger partial charge in [0.05, 0.1) is 6.61 Å². The number of hydrogen-bond acceptors (Lipinski definition) is 3. The van der Waals surface area contributed by atoms with Gasteiger partial charge in [-0.3, -0.25) is 9.79 Å². The molecule has 7 heteroatoms. The molecule has 0 aliphatic heterocycles. The number of rotatable bonds is 8. The molecule has 0 saturated heterocycles. The first kappa shape index (κ1) is 21.4. The standard InChI is InChI=1S/C15H30N4O2.HI/c1-3-21-12-11-18-15(16-2)17-10-9-14(20)19-13-7-5-4-6-8-13;/h13H,3-12H2,1-2H3,(H,19,20)(H2,16,17,18);1H. The summed E-state index contributed by atoms with van der Waals surface area (Å²) >= 11 is 0. The Balaban J connectivity index is 0.00000441. The molecule has 130 valence electrons. The van der Waals surface area contributed by atoms with Crippen LogP contribution in [0.15, 0.2) is 4.99 Å². The average molecular weight is 426 g/mol. The highest BCUT2D eigenvalue weighted by molar-refractivity contribution is 14.0. The van der Waals surface area contributed by atoms with E-state index in [0.29, 0.717) is 38.1 Å². The smallest absolute Gasteiger partial charge is 0.221 e. The molecule has 22 heavy (non-hydrogen) atoms. The number of amides is 1. The fraction of sp³-hybridized carbons (Fsp3) is 0.867. The third kappa shape index (κ3) is 10.2. The van der Waals surface area contributed by atoms with Crippen LogP contribution in [0.2, 0.25) is 0 Å². The number of nitrogens with one attached hydrogen (secondary N) is 3. The largest absolute Gasteiger partial charge is 0.380 e. The van der Waals surface area contributed by atoms with E-state index in [1.165, 1.54) is 19.3 Å². The zero-order valence-electron chi connectivity index (χ0n) is 13.8. The van der Waals surface area contributed by atoms with E-state index >= 15 is 0 Å². The molecule has 0 heterocycles. The van der Waals surface area contributed by atoms with E-state index in [-0.39, 0.29) is 29.9 Å². The van der Waals surface area contributed by atoms with Gasteiger partial charge in [-0.15, -0.1) is 24.0 Å². The minimum atomic E-state index is 0. The number of carbonyl (C=O) groups excluding carboxylic acids is 1. The number of nitrogens with zero attached hydrogens (tertiary/aromatic N) is 1. The van der Waals surface area contributed by atoms with Crippen LogP contribution in [0.4, 0.5) is 0 Å². The van der Waals surface area contributed by atoms with Gasteiger partial charge in [0.25, 0.3) is 0 Å². The van der Waals surface area contributed by atoms with Crippen LogP contribution in [0.3, 0.4) is 0 Å². The van der Waals surface area contributed by atoms with Crippen molar-refractivity contribution in [1.29, 1.82) is 0 Å². The lowest BCUT2D eigenvalue weighted by molar-refractivity contribution is -0.121. The summed E-state index contributed by atoms with van der Waals surface area (Å²) in [6.07, 6.45) is 6.50. The third-order valence-electron chi connectivity index (χ3n) is 3.58. The Kier molecular flexibility index (Phi) is 13.7. The molecular weight excluding hydrogens is 395 g/mol. The first-order chi connectivity index (χ1) is 10.3. The fourth-order valence-corrected chi connectivity index (χ4v) is 2.45. The predicted molar refractivity (Wildman–Crippen MR) is 101 cm³/mol. The maximum Gasteiger partial charge on any atom is 0.221 e. The monoisotopic (exact) mass is 426 g/mol.